The van der Waals surface area contributed by atoms with Crippen molar-refractivity contribution in [2.75, 3.05) is 11.9 Å². The number of hydrazone groups is 1. The molecule has 3 rings (SSSR count). The van der Waals surface area contributed by atoms with Gasteiger partial charge in [0.25, 0.3) is 5.91 Å². The Hall–Kier alpha value is -2.76. The first-order valence-corrected chi connectivity index (χ1v) is 8.53. The van der Waals surface area contributed by atoms with Crippen molar-refractivity contribution in [1.82, 2.24) is 5.43 Å². The van der Waals surface area contributed by atoms with Gasteiger partial charge >= 0.3 is 0 Å². The van der Waals surface area contributed by atoms with Gasteiger partial charge in [0, 0.05) is 21.3 Å². The number of carbonyl (C=O) groups is 1. The van der Waals surface area contributed by atoms with E-state index in [1.807, 2.05) is 18.2 Å². The molecule has 1 heterocycles. The minimum Gasteiger partial charge on any atom is -0.455 e. The number of furan rings is 1. The van der Waals surface area contributed by atoms with Crippen molar-refractivity contribution in [3.05, 3.63) is 76.5 Å². The molecule has 2 aromatic carbocycles. The minimum absolute atomic E-state index is 0.0904. The second-order valence-corrected chi connectivity index (χ2v) is 6.24. The molecule has 0 bridgehead atoms. The quantitative estimate of drug-likeness (QED) is 0.470. The summed E-state index contributed by atoms with van der Waals surface area (Å²) in [5, 5.41) is 8.16. The highest BCUT2D eigenvalue weighted by Gasteiger charge is 2.04. The highest BCUT2D eigenvalue weighted by molar-refractivity contribution is 6.30. The summed E-state index contributed by atoms with van der Waals surface area (Å²) in [6.07, 6.45) is 1.44. The van der Waals surface area contributed by atoms with E-state index in [-0.39, 0.29) is 12.5 Å². The first-order valence-electron chi connectivity index (χ1n) is 7.77. The van der Waals surface area contributed by atoms with Gasteiger partial charge in [-0.05, 0) is 60.7 Å². The van der Waals surface area contributed by atoms with Crippen LogP contribution in [0.1, 0.15) is 5.76 Å². The summed E-state index contributed by atoms with van der Waals surface area (Å²) in [6.45, 7) is 0.0904. The van der Waals surface area contributed by atoms with Crippen LogP contribution in [0.5, 0.6) is 0 Å². The molecule has 26 heavy (non-hydrogen) atoms. The average Bonchev–Trinajstić information content (AvgIpc) is 3.11. The van der Waals surface area contributed by atoms with Crippen LogP contribution in [0.2, 0.25) is 10.0 Å². The Morgan fingerprint density at radius 3 is 2.31 bits per heavy atom. The zero-order valence-corrected chi connectivity index (χ0v) is 15.1. The van der Waals surface area contributed by atoms with Crippen LogP contribution in [-0.4, -0.2) is 18.7 Å². The second-order valence-electron chi connectivity index (χ2n) is 5.36. The molecule has 132 valence electrons. The van der Waals surface area contributed by atoms with E-state index in [1.54, 1.807) is 42.5 Å². The van der Waals surface area contributed by atoms with Crippen LogP contribution in [0, 0.1) is 0 Å². The van der Waals surface area contributed by atoms with Crippen LogP contribution in [0.25, 0.3) is 11.3 Å². The van der Waals surface area contributed by atoms with Crippen LogP contribution >= 0.6 is 23.2 Å². The summed E-state index contributed by atoms with van der Waals surface area (Å²) < 4.78 is 5.66. The molecule has 0 radical (unpaired) electrons. The van der Waals surface area contributed by atoms with Gasteiger partial charge < -0.3 is 9.73 Å². The molecule has 0 aliphatic carbocycles. The Morgan fingerprint density at radius 2 is 1.62 bits per heavy atom. The van der Waals surface area contributed by atoms with Crippen molar-refractivity contribution < 1.29 is 9.21 Å². The van der Waals surface area contributed by atoms with Gasteiger partial charge in [-0.25, -0.2) is 5.43 Å². The maximum atomic E-state index is 11.8. The first kappa shape index (κ1) is 18.0. The van der Waals surface area contributed by atoms with E-state index >= 15 is 0 Å². The van der Waals surface area contributed by atoms with E-state index < -0.39 is 0 Å². The number of amides is 1. The highest BCUT2D eigenvalue weighted by atomic mass is 35.5. The molecule has 5 nitrogen and oxygen atoms in total. The zero-order valence-electron chi connectivity index (χ0n) is 13.6. The third-order valence-corrected chi connectivity index (χ3v) is 3.94. The fourth-order valence-corrected chi connectivity index (χ4v) is 2.40. The Bertz CT molecular complexity index is 903. The molecule has 0 saturated carbocycles. The maximum absolute atomic E-state index is 11.8. The predicted molar refractivity (Wildman–Crippen MR) is 105 cm³/mol. The maximum Gasteiger partial charge on any atom is 0.259 e. The first-order chi connectivity index (χ1) is 12.6. The van der Waals surface area contributed by atoms with Crippen molar-refractivity contribution in [2.45, 2.75) is 0 Å². The fourth-order valence-electron chi connectivity index (χ4n) is 2.15. The predicted octanol–water partition coefficient (Wildman–Crippen LogP) is 4.82. The van der Waals surface area contributed by atoms with Gasteiger partial charge in [0.2, 0.25) is 0 Å². The van der Waals surface area contributed by atoms with Crippen molar-refractivity contribution in [3.63, 3.8) is 0 Å². The molecule has 7 heteroatoms. The topological polar surface area (TPSA) is 66.6 Å². The lowest BCUT2D eigenvalue weighted by molar-refractivity contribution is -0.119. The number of hydrogen-bond donors (Lipinski definition) is 2. The van der Waals surface area contributed by atoms with Crippen LogP contribution in [-0.2, 0) is 4.79 Å². The molecular weight excluding hydrogens is 373 g/mol. The Labute approximate surface area is 160 Å². The Balaban J connectivity index is 1.49. The van der Waals surface area contributed by atoms with Gasteiger partial charge in [0.15, 0.2) is 0 Å². The largest absolute Gasteiger partial charge is 0.455 e. The van der Waals surface area contributed by atoms with E-state index in [0.717, 1.165) is 11.3 Å². The molecule has 2 N–H and O–H groups in total. The third-order valence-electron chi connectivity index (χ3n) is 3.43. The van der Waals surface area contributed by atoms with Crippen molar-refractivity contribution in [2.24, 2.45) is 5.10 Å². The van der Waals surface area contributed by atoms with Gasteiger partial charge in [-0.3, -0.25) is 4.79 Å². The van der Waals surface area contributed by atoms with E-state index in [1.165, 1.54) is 6.21 Å². The summed E-state index contributed by atoms with van der Waals surface area (Å²) in [6, 6.07) is 18.0. The van der Waals surface area contributed by atoms with Crippen LogP contribution in [0.4, 0.5) is 5.69 Å². The van der Waals surface area contributed by atoms with E-state index in [4.69, 9.17) is 27.6 Å². The van der Waals surface area contributed by atoms with Gasteiger partial charge in [0.05, 0.1) is 12.8 Å². The van der Waals surface area contributed by atoms with Crippen LogP contribution in [0.3, 0.4) is 0 Å². The van der Waals surface area contributed by atoms with Crippen molar-refractivity contribution >= 4 is 41.0 Å². The average molecular weight is 388 g/mol. The summed E-state index contributed by atoms with van der Waals surface area (Å²) in [5.41, 5.74) is 4.14. The van der Waals surface area contributed by atoms with E-state index in [9.17, 15) is 4.79 Å². The van der Waals surface area contributed by atoms with Gasteiger partial charge in [-0.1, -0.05) is 23.2 Å². The number of anilines is 1. The van der Waals surface area contributed by atoms with Crippen LogP contribution < -0.4 is 10.7 Å². The Morgan fingerprint density at radius 1 is 0.962 bits per heavy atom. The highest BCUT2D eigenvalue weighted by Crippen LogP contribution is 2.23. The molecular formula is C19H15Cl2N3O2. The zero-order chi connectivity index (χ0) is 18.4. The lowest BCUT2D eigenvalue weighted by atomic mass is 10.2. The second kappa shape index (κ2) is 8.56. The molecule has 1 aromatic heterocycles. The molecule has 3 aromatic rings. The minimum atomic E-state index is -0.277. The number of halogens is 2. The Kier molecular flexibility index (Phi) is 5.94. The number of nitrogens with zero attached hydrogens (tertiary/aromatic N) is 1. The molecule has 0 aliphatic rings. The third kappa shape index (κ3) is 5.12. The molecule has 0 aliphatic heterocycles. The van der Waals surface area contributed by atoms with Gasteiger partial charge in [0.1, 0.15) is 11.5 Å². The summed E-state index contributed by atoms with van der Waals surface area (Å²) in [5.74, 6) is 0.945. The normalized spacial score (nSPS) is 10.8. The van der Waals surface area contributed by atoms with Crippen LogP contribution in [0.15, 0.2) is 70.2 Å². The fraction of sp³-hybridized carbons (Fsp3) is 0.0526. The number of rotatable bonds is 6. The van der Waals surface area contributed by atoms with E-state index in [2.05, 4.69) is 15.8 Å². The molecule has 0 fully saturated rings. The van der Waals surface area contributed by atoms with Crippen molar-refractivity contribution in [3.8, 4) is 11.3 Å². The summed E-state index contributed by atoms with van der Waals surface area (Å²) in [7, 11) is 0. The molecule has 0 atom stereocenters. The number of benzene rings is 2. The standard InChI is InChI=1S/C19H15Cl2N3O2/c20-14-3-1-13(2-4-14)18-10-9-17(26-18)11-23-24-19(25)12-22-16-7-5-15(21)6-8-16/h1-11,22H,12H2,(H,24,25)/b23-11-. The van der Waals surface area contributed by atoms with E-state index in [0.29, 0.717) is 21.6 Å². The van der Waals surface area contributed by atoms with Crippen molar-refractivity contribution in [1.29, 1.82) is 0 Å². The van der Waals surface area contributed by atoms with Gasteiger partial charge in [-0.2, -0.15) is 5.10 Å². The number of hydrogen-bond acceptors (Lipinski definition) is 4. The molecule has 0 saturated heterocycles. The monoisotopic (exact) mass is 387 g/mol. The van der Waals surface area contributed by atoms with Gasteiger partial charge in [-0.15, -0.1) is 0 Å². The summed E-state index contributed by atoms with van der Waals surface area (Å²) in [4.78, 5) is 11.8. The lowest BCUT2D eigenvalue weighted by Crippen LogP contribution is -2.25. The lowest BCUT2D eigenvalue weighted by Gasteiger charge is -2.04. The number of nitrogens with one attached hydrogen (secondary N) is 2. The molecule has 0 unspecified atom stereocenters. The molecule has 0 spiro atoms. The SMILES string of the molecule is O=C(CNc1ccc(Cl)cc1)N/N=C\c1ccc(-c2ccc(Cl)cc2)o1. The molecule has 1 amide bonds. The number of carbonyl (C=O) groups excluding carboxylic acids is 1. The smallest absolute Gasteiger partial charge is 0.259 e. The summed E-state index contributed by atoms with van der Waals surface area (Å²) >= 11 is 11.7.